The monoisotopic (exact) mass is 219 g/mol. The first-order chi connectivity index (χ1) is 6.47. The van der Waals surface area contributed by atoms with E-state index >= 15 is 0 Å². The van der Waals surface area contributed by atoms with Gasteiger partial charge in [-0.1, -0.05) is 19.6 Å². The summed E-state index contributed by atoms with van der Waals surface area (Å²) in [6.07, 6.45) is 0.0489. The van der Waals surface area contributed by atoms with Gasteiger partial charge in [-0.2, -0.15) is 0 Å². The number of ether oxygens (including phenoxy) is 1. The highest BCUT2D eigenvalue weighted by Crippen LogP contribution is 2.12. The van der Waals surface area contributed by atoms with Crippen LogP contribution in [0.15, 0.2) is 0 Å². The summed E-state index contributed by atoms with van der Waals surface area (Å²) in [6.45, 7) is 9.88. The summed E-state index contributed by atoms with van der Waals surface area (Å²) in [6, 6.07) is 1.19. The molecule has 4 heteroatoms. The first-order valence-electron chi connectivity index (χ1n) is 5.41. The maximum absolute atomic E-state index is 12.8. The molecule has 0 aromatic rings. The average Bonchev–Trinajstić information content (AvgIpc) is 2.44. The highest BCUT2D eigenvalue weighted by molar-refractivity contribution is 6.76. The minimum atomic E-state index is -0.965. The van der Waals surface area contributed by atoms with Crippen molar-refractivity contribution in [1.82, 2.24) is 4.90 Å². The van der Waals surface area contributed by atoms with Crippen molar-refractivity contribution in [3.05, 3.63) is 0 Å². The molecular weight excluding hydrogens is 197 g/mol. The molecule has 1 heterocycles. The Kier molecular flexibility index (Phi) is 4.54. The summed E-state index contributed by atoms with van der Waals surface area (Å²) in [4.78, 5) is 2.05. The summed E-state index contributed by atoms with van der Waals surface area (Å²) in [5.74, 6) is 0. The zero-order valence-corrected chi connectivity index (χ0v) is 10.6. The van der Waals surface area contributed by atoms with E-state index in [1.165, 1.54) is 6.04 Å². The van der Waals surface area contributed by atoms with Crippen molar-refractivity contribution in [3.63, 3.8) is 0 Å². The van der Waals surface area contributed by atoms with E-state index in [-0.39, 0.29) is 0 Å². The molecule has 1 fully saturated rings. The van der Waals surface area contributed by atoms with E-state index in [9.17, 15) is 4.39 Å². The van der Waals surface area contributed by atoms with E-state index in [2.05, 4.69) is 24.5 Å². The van der Waals surface area contributed by atoms with Crippen LogP contribution in [0.3, 0.4) is 0 Å². The van der Waals surface area contributed by atoms with Crippen molar-refractivity contribution in [2.24, 2.45) is 0 Å². The summed E-state index contributed by atoms with van der Waals surface area (Å²) >= 11 is 0. The van der Waals surface area contributed by atoms with E-state index in [0.29, 0.717) is 19.7 Å². The first-order valence-corrected chi connectivity index (χ1v) is 9.12. The number of alkyl halides is 1. The molecule has 84 valence electrons. The van der Waals surface area contributed by atoms with Gasteiger partial charge < -0.3 is 4.74 Å². The number of nitrogens with zero attached hydrogens (tertiary/aromatic N) is 1. The van der Waals surface area contributed by atoms with Gasteiger partial charge in [0.05, 0.1) is 6.73 Å². The van der Waals surface area contributed by atoms with E-state index in [0.717, 1.165) is 13.2 Å². The van der Waals surface area contributed by atoms with Crippen molar-refractivity contribution < 1.29 is 9.13 Å². The minimum absolute atomic E-state index is 0.562. The Morgan fingerprint density at radius 2 is 2.14 bits per heavy atom. The molecule has 0 radical (unpaired) electrons. The molecule has 0 amide bonds. The van der Waals surface area contributed by atoms with Crippen LogP contribution in [0.1, 0.15) is 6.42 Å². The van der Waals surface area contributed by atoms with Crippen molar-refractivity contribution >= 4 is 8.07 Å². The Morgan fingerprint density at radius 1 is 1.43 bits per heavy atom. The van der Waals surface area contributed by atoms with E-state index in [1.54, 1.807) is 0 Å². The third kappa shape index (κ3) is 5.07. The summed E-state index contributed by atoms with van der Waals surface area (Å²) in [7, 11) is -0.965. The van der Waals surface area contributed by atoms with Gasteiger partial charge in [0.25, 0.3) is 0 Å². The summed E-state index contributed by atoms with van der Waals surface area (Å²) in [5.41, 5.74) is 0. The Labute approximate surface area is 87.4 Å². The predicted octanol–water partition coefficient (Wildman–Crippen LogP) is 2.34. The highest BCUT2D eigenvalue weighted by atomic mass is 28.3. The van der Waals surface area contributed by atoms with Crippen molar-refractivity contribution in [2.45, 2.75) is 38.3 Å². The van der Waals surface area contributed by atoms with E-state index in [1.807, 2.05) is 0 Å². The second-order valence-electron chi connectivity index (χ2n) is 5.31. The van der Waals surface area contributed by atoms with Crippen LogP contribution in [-0.4, -0.2) is 45.6 Å². The number of rotatable bonds is 5. The molecule has 1 rings (SSSR count). The van der Waals surface area contributed by atoms with Gasteiger partial charge >= 0.3 is 0 Å². The number of likely N-dealkylation sites (tertiary alicyclic amines) is 1. The quantitative estimate of drug-likeness (QED) is 0.520. The standard InChI is InChI=1S/C10H22FNOSi/c1-14(2,3)7-6-13-9-12-5-4-10(11)8-12/h10H,4-9H2,1-3H3. The third-order valence-corrected chi connectivity index (χ3v) is 4.19. The second-order valence-corrected chi connectivity index (χ2v) is 10.9. The molecule has 0 N–H and O–H groups in total. The van der Waals surface area contributed by atoms with Crippen LogP contribution >= 0.6 is 0 Å². The predicted molar refractivity (Wildman–Crippen MR) is 60.1 cm³/mol. The first kappa shape index (κ1) is 12.1. The third-order valence-electron chi connectivity index (χ3n) is 2.49. The Morgan fingerprint density at radius 3 is 2.64 bits per heavy atom. The normalized spacial score (nSPS) is 24.4. The van der Waals surface area contributed by atoms with Gasteiger partial charge in [0.15, 0.2) is 0 Å². The topological polar surface area (TPSA) is 12.5 Å². The minimum Gasteiger partial charge on any atom is -0.366 e. The summed E-state index contributed by atoms with van der Waals surface area (Å²) < 4.78 is 18.3. The zero-order chi connectivity index (χ0) is 10.6. The smallest absolute Gasteiger partial charge is 0.114 e. The molecule has 1 saturated heterocycles. The summed E-state index contributed by atoms with van der Waals surface area (Å²) in [5, 5.41) is 0. The average molecular weight is 219 g/mol. The number of halogens is 1. The largest absolute Gasteiger partial charge is 0.366 e. The lowest BCUT2D eigenvalue weighted by molar-refractivity contribution is 0.0458. The Bertz CT molecular complexity index is 172. The van der Waals surface area contributed by atoms with Crippen molar-refractivity contribution in [3.8, 4) is 0 Å². The number of hydrogen-bond acceptors (Lipinski definition) is 2. The molecule has 0 aromatic heterocycles. The van der Waals surface area contributed by atoms with Gasteiger partial charge in [-0.05, 0) is 12.5 Å². The molecular formula is C10H22FNOSi. The lowest BCUT2D eigenvalue weighted by Gasteiger charge is -2.18. The van der Waals surface area contributed by atoms with Crippen molar-refractivity contribution in [1.29, 1.82) is 0 Å². The van der Waals surface area contributed by atoms with Gasteiger partial charge in [-0.3, -0.25) is 4.90 Å². The molecule has 0 bridgehead atoms. The Balaban J connectivity index is 1.99. The lowest BCUT2D eigenvalue weighted by Crippen LogP contribution is -2.27. The molecule has 0 aliphatic carbocycles. The molecule has 1 unspecified atom stereocenters. The highest BCUT2D eigenvalue weighted by Gasteiger charge is 2.21. The molecule has 1 aliphatic rings. The molecule has 2 nitrogen and oxygen atoms in total. The maximum atomic E-state index is 12.8. The van der Waals surface area contributed by atoms with Crippen LogP contribution in [0.2, 0.25) is 25.7 Å². The van der Waals surface area contributed by atoms with Gasteiger partial charge in [0.1, 0.15) is 6.17 Å². The van der Waals surface area contributed by atoms with Crippen LogP contribution < -0.4 is 0 Å². The SMILES string of the molecule is C[Si](C)(C)CCOCN1CCC(F)C1. The zero-order valence-electron chi connectivity index (χ0n) is 9.55. The molecule has 14 heavy (non-hydrogen) atoms. The van der Waals surface area contributed by atoms with Crippen LogP contribution in [0, 0.1) is 0 Å². The molecule has 0 saturated carbocycles. The maximum Gasteiger partial charge on any atom is 0.114 e. The molecule has 0 aromatic carbocycles. The fourth-order valence-corrected chi connectivity index (χ4v) is 2.23. The van der Waals surface area contributed by atoms with Crippen LogP contribution in [0.4, 0.5) is 4.39 Å². The van der Waals surface area contributed by atoms with Gasteiger partial charge in [0, 0.05) is 27.8 Å². The van der Waals surface area contributed by atoms with E-state index in [4.69, 9.17) is 4.74 Å². The Hall–Kier alpha value is 0.0669. The van der Waals surface area contributed by atoms with Crippen LogP contribution in [-0.2, 0) is 4.74 Å². The fraction of sp³-hybridized carbons (Fsp3) is 1.00. The van der Waals surface area contributed by atoms with Gasteiger partial charge in [-0.25, -0.2) is 4.39 Å². The van der Waals surface area contributed by atoms with Gasteiger partial charge in [-0.15, -0.1) is 0 Å². The van der Waals surface area contributed by atoms with Crippen molar-refractivity contribution in [2.75, 3.05) is 26.4 Å². The fourth-order valence-electron chi connectivity index (χ4n) is 1.47. The second kappa shape index (κ2) is 5.23. The van der Waals surface area contributed by atoms with Crippen LogP contribution in [0.25, 0.3) is 0 Å². The van der Waals surface area contributed by atoms with Gasteiger partial charge in [0.2, 0.25) is 0 Å². The lowest BCUT2D eigenvalue weighted by atomic mass is 10.3. The number of hydrogen-bond donors (Lipinski definition) is 0. The van der Waals surface area contributed by atoms with E-state index < -0.39 is 14.2 Å². The molecule has 0 spiro atoms. The molecule has 1 aliphatic heterocycles. The molecule has 1 atom stereocenters. The van der Waals surface area contributed by atoms with Crippen LogP contribution in [0.5, 0.6) is 0 Å².